The van der Waals surface area contributed by atoms with Gasteiger partial charge in [0, 0.05) is 13.0 Å². The molecule has 0 radical (unpaired) electrons. The molecule has 14 heavy (non-hydrogen) atoms. The van der Waals surface area contributed by atoms with Crippen LogP contribution in [0, 0.1) is 0 Å². The van der Waals surface area contributed by atoms with Crippen LogP contribution >= 0.6 is 0 Å². The van der Waals surface area contributed by atoms with Crippen LogP contribution in [0.15, 0.2) is 0 Å². The van der Waals surface area contributed by atoms with Crippen molar-refractivity contribution in [3.05, 3.63) is 0 Å². The lowest BCUT2D eigenvalue weighted by atomic mass is 10.2. The minimum Gasteiger partial charge on any atom is -0.379 e. The third-order valence-electron chi connectivity index (χ3n) is 2.25. The molecule has 1 rings (SSSR count). The first-order valence-corrected chi connectivity index (χ1v) is 4.95. The van der Waals surface area contributed by atoms with Crippen molar-refractivity contribution in [1.29, 1.82) is 0 Å². The Balaban J connectivity index is 2.08. The number of ether oxygens (including phenoxy) is 2. The number of nitrogens with one attached hydrogen (secondary N) is 1. The molecule has 82 valence electrons. The summed E-state index contributed by atoms with van der Waals surface area (Å²) < 4.78 is 10.8. The minimum atomic E-state index is -0.150. The lowest BCUT2D eigenvalue weighted by molar-refractivity contribution is -0.122. The zero-order valence-electron chi connectivity index (χ0n) is 8.49. The summed E-state index contributed by atoms with van der Waals surface area (Å²) in [5.74, 6) is 4.81. The molecule has 2 unspecified atom stereocenters. The van der Waals surface area contributed by atoms with Crippen molar-refractivity contribution >= 4 is 5.91 Å². The van der Waals surface area contributed by atoms with Gasteiger partial charge in [-0.25, -0.2) is 5.84 Å². The van der Waals surface area contributed by atoms with E-state index < -0.39 is 0 Å². The monoisotopic (exact) mass is 202 g/mol. The van der Waals surface area contributed by atoms with Gasteiger partial charge in [0.15, 0.2) is 0 Å². The van der Waals surface area contributed by atoms with Gasteiger partial charge in [-0.3, -0.25) is 10.2 Å². The van der Waals surface area contributed by atoms with Crippen molar-refractivity contribution in [2.24, 2.45) is 5.84 Å². The quantitative estimate of drug-likeness (QED) is 0.372. The van der Waals surface area contributed by atoms with Gasteiger partial charge in [0.05, 0.1) is 18.8 Å². The summed E-state index contributed by atoms with van der Waals surface area (Å²) in [5.41, 5.74) is 2.09. The van der Waals surface area contributed by atoms with E-state index in [4.69, 9.17) is 15.3 Å². The van der Waals surface area contributed by atoms with Crippen LogP contribution in [0.25, 0.3) is 0 Å². The zero-order chi connectivity index (χ0) is 10.4. The summed E-state index contributed by atoms with van der Waals surface area (Å²) in [6.07, 6.45) is 2.34. The van der Waals surface area contributed by atoms with Crippen molar-refractivity contribution in [3.63, 3.8) is 0 Å². The molecule has 1 aliphatic heterocycles. The lowest BCUT2D eigenvalue weighted by Gasteiger charge is -2.16. The van der Waals surface area contributed by atoms with Gasteiger partial charge in [-0.2, -0.15) is 0 Å². The van der Waals surface area contributed by atoms with Crippen LogP contribution in [0.3, 0.4) is 0 Å². The molecule has 0 aromatic heterocycles. The molecule has 0 saturated carbocycles. The van der Waals surface area contributed by atoms with Gasteiger partial charge in [0.25, 0.3) is 0 Å². The van der Waals surface area contributed by atoms with Crippen LogP contribution in [-0.4, -0.2) is 31.3 Å². The number of carbonyl (C=O) groups is 1. The highest BCUT2D eigenvalue weighted by Gasteiger charge is 2.18. The van der Waals surface area contributed by atoms with Crippen LogP contribution in [0.2, 0.25) is 0 Å². The zero-order valence-corrected chi connectivity index (χ0v) is 8.49. The molecule has 1 aliphatic rings. The molecule has 1 fully saturated rings. The first-order chi connectivity index (χ1) is 6.72. The minimum absolute atomic E-state index is 0.0824. The normalized spacial score (nSPS) is 23.4. The Morgan fingerprint density at radius 3 is 3.14 bits per heavy atom. The van der Waals surface area contributed by atoms with Crippen LogP contribution < -0.4 is 11.3 Å². The molecule has 1 heterocycles. The highest BCUT2D eigenvalue weighted by molar-refractivity contribution is 5.75. The number of rotatable bonds is 5. The Hall–Kier alpha value is -0.650. The molecule has 2 atom stereocenters. The second kappa shape index (κ2) is 5.95. The maximum Gasteiger partial charge on any atom is 0.233 e. The molecular formula is C9H18N2O3. The summed E-state index contributed by atoms with van der Waals surface area (Å²) in [4.78, 5) is 10.8. The fourth-order valence-corrected chi connectivity index (χ4v) is 1.42. The number of carbonyl (C=O) groups excluding carboxylic acids is 1. The maximum absolute atomic E-state index is 10.8. The summed E-state index contributed by atoms with van der Waals surface area (Å²) in [6.45, 7) is 3.41. The molecule has 0 aromatic rings. The molecule has 1 amide bonds. The highest BCUT2D eigenvalue weighted by Crippen LogP contribution is 2.13. The fraction of sp³-hybridized carbons (Fsp3) is 0.889. The van der Waals surface area contributed by atoms with Gasteiger partial charge >= 0.3 is 0 Å². The predicted octanol–water partition coefficient (Wildman–Crippen LogP) is -0.0495. The predicted molar refractivity (Wildman–Crippen MR) is 51.3 cm³/mol. The number of hydrogen-bond acceptors (Lipinski definition) is 4. The maximum atomic E-state index is 10.8. The van der Waals surface area contributed by atoms with Crippen LogP contribution in [0.5, 0.6) is 0 Å². The summed E-state index contributed by atoms with van der Waals surface area (Å²) in [7, 11) is 0. The average molecular weight is 202 g/mol. The van der Waals surface area contributed by atoms with E-state index in [0.29, 0.717) is 19.4 Å². The van der Waals surface area contributed by atoms with E-state index in [-0.39, 0.29) is 18.1 Å². The van der Waals surface area contributed by atoms with Gasteiger partial charge in [-0.1, -0.05) is 0 Å². The van der Waals surface area contributed by atoms with E-state index >= 15 is 0 Å². The van der Waals surface area contributed by atoms with Gasteiger partial charge in [0.1, 0.15) is 0 Å². The topological polar surface area (TPSA) is 73.6 Å². The third kappa shape index (κ3) is 4.04. The van der Waals surface area contributed by atoms with Crippen molar-refractivity contribution in [1.82, 2.24) is 5.43 Å². The first kappa shape index (κ1) is 11.4. The SMILES string of the molecule is CC(CCC(=O)NN)OC1CCOC1. The lowest BCUT2D eigenvalue weighted by Crippen LogP contribution is -2.31. The summed E-state index contributed by atoms with van der Waals surface area (Å²) >= 11 is 0. The van der Waals surface area contributed by atoms with E-state index in [1.165, 1.54) is 0 Å². The molecule has 0 aromatic carbocycles. The molecule has 1 saturated heterocycles. The van der Waals surface area contributed by atoms with Crippen molar-refractivity contribution in [2.45, 2.75) is 38.4 Å². The van der Waals surface area contributed by atoms with Gasteiger partial charge in [-0.05, 0) is 19.8 Å². The molecule has 0 aliphatic carbocycles. The average Bonchev–Trinajstić information content (AvgIpc) is 2.66. The number of hydrogen-bond donors (Lipinski definition) is 2. The van der Waals surface area contributed by atoms with Crippen LogP contribution in [0.4, 0.5) is 0 Å². The molecule has 3 N–H and O–H groups in total. The van der Waals surface area contributed by atoms with E-state index in [1.807, 2.05) is 6.92 Å². The van der Waals surface area contributed by atoms with Crippen LogP contribution in [-0.2, 0) is 14.3 Å². The van der Waals surface area contributed by atoms with Crippen LogP contribution in [0.1, 0.15) is 26.2 Å². The summed E-state index contributed by atoms with van der Waals surface area (Å²) in [5, 5.41) is 0. The number of nitrogens with two attached hydrogens (primary N) is 1. The Labute approximate surface area is 83.9 Å². The third-order valence-corrected chi connectivity index (χ3v) is 2.25. The Bertz CT molecular complexity index is 181. The van der Waals surface area contributed by atoms with E-state index in [2.05, 4.69) is 5.43 Å². The highest BCUT2D eigenvalue weighted by atomic mass is 16.5. The van der Waals surface area contributed by atoms with Gasteiger partial charge in [0.2, 0.25) is 5.91 Å². The molecular weight excluding hydrogens is 184 g/mol. The molecule has 0 bridgehead atoms. The van der Waals surface area contributed by atoms with Crippen molar-refractivity contribution in [2.75, 3.05) is 13.2 Å². The second-order valence-corrected chi connectivity index (χ2v) is 3.54. The number of amides is 1. The first-order valence-electron chi connectivity index (χ1n) is 4.95. The smallest absolute Gasteiger partial charge is 0.233 e. The Morgan fingerprint density at radius 1 is 1.79 bits per heavy atom. The van der Waals surface area contributed by atoms with E-state index in [1.54, 1.807) is 0 Å². The van der Waals surface area contributed by atoms with E-state index in [0.717, 1.165) is 13.0 Å². The number of hydrazine groups is 1. The van der Waals surface area contributed by atoms with Crippen molar-refractivity contribution in [3.8, 4) is 0 Å². The standard InChI is InChI=1S/C9H18N2O3/c1-7(2-3-9(12)11-10)14-8-4-5-13-6-8/h7-8H,2-6,10H2,1H3,(H,11,12). The Kier molecular flexibility index (Phi) is 4.86. The molecule has 5 heteroatoms. The fourth-order valence-electron chi connectivity index (χ4n) is 1.42. The largest absolute Gasteiger partial charge is 0.379 e. The van der Waals surface area contributed by atoms with Gasteiger partial charge in [-0.15, -0.1) is 0 Å². The van der Waals surface area contributed by atoms with Crippen molar-refractivity contribution < 1.29 is 14.3 Å². The second-order valence-electron chi connectivity index (χ2n) is 3.54. The Morgan fingerprint density at radius 2 is 2.57 bits per heavy atom. The van der Waals surface area contributed by atoms with E-state index in [9.17, 15) is 4.79 Å². The molecule has 0 spiro atoms. The molecule has 5 nitrogen and oxygen atoms in total. The summed E-state index contributed by atoms with van der Waals surface area (Å²) in [6, 6.07) is 0. The van der Waals surface area contributed by atoms with Gasteiger partial charge < -0.3 is 9.47 Å².